The number of nitrogens with one attached hydrogen (secondary N) is 2. The van der Waals surface area contributed by atoms with E-state index < -0.39 is 63.2 Å². The highest BCUT2D eigenvalue weighted by atomic mass is 32.2. The third-order valence-electron chi connectivity index (χ3n) is 9.55. The second-order valence-corrected chi connectivity index (χ2v) is 18.3. The zero-order chi connectivity index (χ0) is 49.3. The molecule has 1 heterocycles. The number of aryl methyl sites for hydroxylation is 1. The smallest absolute Gasteiger partial charge is 0.296 e. The van der Waals surface area contributed by atoms with Gasteiger partial charge in [0.05, 0.1) is 36.2 Å². The van der Waals surface area contributed by atoms with E-state index in [-0.39, 0.29) is 78.0 Å². The Kier molecular flexibility index (Phi) is 13.1. The highest BCUT2D eigenvalue weighted by Crippen LogP contribution is 2.45. The molecule has 7 rings (SSSR count). The lowest BCUT2D eigenvalue weighted by Gasteiger charge is -2.11. The summed E-state index contributed by atoms with van der Waals surface area (Å²) in [4.78, 5) is 22.4. The molecule has 0 saturated heterocycles. The van der Waals surface area contributed by atoms with Crippen LogP contribution in [0.25, 0.3) is 27.5 Å². The van der Waals surface area contributed by atoms with Gasteiger partial charge in [0.25, 0.3) is 30.4 Å². The minimum absolute atomic E-state index is 0.00843. The number of hydrogen-bond donors (Lipinski definition) is 6. The summed E-state index contributed by atoms with van der Waals surface area (Å²) in [6.45, 7) is 2.83. The number of carbonyl (C=O) groups is 2. The first kappa shape index (κ1) is 47.8. The van der Waals surface area contributed by atoms with Crippen molar-refractivity contribution in [1.82, 2.24) is 15.0 Å². The molecule has 25 nitrogen and oxygen atoms in total. The molecule has 68 heavy (non-hydrogen) atoms. The fourth-order valence-corrected chi connectivity index (χ4v) is 8.15. The third-order valence-corrected chi connectivity index (χ3v) is 12.2. The van der Waals surface area contributed by atoms with Crippen molar-refractivity contribution in [2.45, 2.75) is 28.5 Å². The van der Waals surface area contributed by atoms with Gasteiger partial charge < -0.3 is 25.2 Å². The number of rotatable bonds is 15. The van der Waals surface area contributed by atoms with Crippen LogP contribution in [0.1, 0.15) is 12.5 Å². The Bertz CT molecular complexity index is 3660. The predicted molar refractivity (Wildman–Crippen MR) is 241 cm³/mol. The molecule has 0 atom stereocenters. The van der Waals surface area contributed by atoms with Crippen molar-refractivity contribution in [3.63, 3.8) is 0 Å². The Balaban J connectivity index is 1.22. The Morgan fingerprint density at radius 1 is 0.662 bits per heavy atom. The zero-order valence-corrected chi connectivity index (χ0v) is 37.7. The van der Waals surface area contributed by atoms with Gasteiger partial charge in [0.1, 0.15) is 60.8 Å². The normalized spacial score (nSPS) is 12.4. The fraction of sp³-hybridized carbons (Fsp3) is 0.100. The summed E-state index contributed by atoms with van der Waals surface area (Å²) in [5.41, 5.74) is 0.295. The average Bonchev–Trinajstić information content (AvgIpc) is 3.70. The first-order valence-electron chi connectivity index (χ1n) is 19.0. The number of nitrogens with zero attached hydrogens (tertiary/aromatic N) is 9. The van der Waals surface area contributed by atoms with Gasteiger partial charge in [-0.15, -0.1) is 35.8 Å². The molecule has 28 heteroatoms. The number of ether oxygens (including phenoxy) is 2. The second-order valence-electron chi connectivity index (χ2n) is 14.1. The number of phenols is 1. The van der Waals surface area contributed by atoms with Gasteiger partial charge in [-0.3, -0.25) is 23.2 Å². The molecule has 6 N–H and O–H groups in total. The van der Waals surface area contributed by atoms with Gasteiger partial charge in [-0.25, -0.2) is 0 Å². The van der Waals surface area contributed by atoms with E-state index in [4.69, 9.17) is 9.47 Å². The van der Waals surface area contributed by atoms with Crippen molar-refractivity contribution in [1.29, 1.82) is 0 Å². The van der Waals surface area contributed by atoms with Crippen LogP contribution in [-0.2, 0) is 39.9 Å². The molecule has 0 radical (unpaired) electrons. The van der Waals surface area contributed by atoms with Crippen molar-refractivity contribution in [2.75, 3.05) is 24.9 Å². The van der Waals surface area contributed by atoms with Crippen molar-refractivity contribution < 1.29 is 63.1 Å². The van der Waals surface area contributed by atoms with Crippen molar-refractivity contribution in [2.24, 2.45) is 30.7 Å². The summed E-state index contributed by atoms with van der Waals surface area (Å²) in [6, 6.07) is 17.8. The van der Waals surface area contributed by atoms with E-state index in [2.05, 4.69) is 51.5 Å². The molecular formula is C40H33N11O14S3. The summed E-state index contributed by atoms with van der Waals surface area (Å²) in [7, 11) is -11.8. The highest BCUT2D eigenvalue weighted by molar-refractivity contribution is 7.86. The molecule has 0 fully saturated rings. The van der Waals surface area contributed by atoms with Gasteiger partial charge in [-0.2, -0.15) is 35.2 Å². The number of benzene rings is 6. The zero-order valence-electron chi connectivity index (χ0n) is 35.3. The Morgan fingerprint density at radius 3 is 1.84 bits per heavy atom. The Morgan fingerprint density at radius 2 is 1.24 bits per heavy atom. The number of carbonyl (C=O) groups excluding carboxylic acids is 2. The lowest BCUT2D eigenvalue weighted by Crippen LogP contribution is -2.06. The summed E-state index contributed by atoms with van der Waals surface area (Å²) in [6.07, 6.45) is 0.408. The molecule has 350 valence electrons. The van der Waals surface area contributed by atoms with Gasteiger partial charge >= 0.3 is 0 Å². The molecule has 2 amide bonds. The van der Waals surface area contributed by atoms with Crippen LogP contribution in [0.3, 0.4) is 0 Å². The van der Waals surface area contributed by atoms with E-state index in [1.165, 1.54) is 75.7 Å². The first-order valence-corrected chi connectivity index (χ1v) is 23.3. The Labute approximate surface area is 384 Å². The highest BCUT2D eigenvalue weighted by Gasteiger charge is 2.24. The summed E-state index contributed by atoms with van der Waals surface area (Å²) >= 11 is 0. The van der Waals surface area contributed by atoms with Crippen LogP contribution in [0, 0.1) is 6.92 Å². The fourth-order valence-electron chi connectivity index (χ4n) is 6.39. The van der Waals surface area contributed by atoms with Gasteiger partial charge in [0.15, 0.2) is 5.75 Å². The number of phenolic OH excluding ortho intramolecular Hbond substituents is 1. The minimum atomic E-state index is -4.96. The molecule has 1 aromatic heterocycles. The lowest BCUT2D eigenvalue weighted by molar-refractivity contribution is -0.114. The summed E-state index contributed by atoms with van der Waals surface area (Å²) in [5.74, 6) is -1.08. The molecule has 0 bridgehead atoms. The predicted octanol–water partition coefficient (Wildman–Crippen LogP) is 8.12. The SMILES string of the molecule is COc1cc(N=Nc2cc3nn(-c4ccc(S(=O)(=O)O)cc4)nc3cc2S(=O)(=O)O)c(NC(C)=O)cc1N=Nc1cc(OC)c(N=Nc2c(S(=O)(=O)O)cc3cc(NC=O)ccc3c2O)cc1C. The van der Waals surface area contributed by atoms with Gasteiger partial charge in [-0.05, 0) is 90.7 Å². The van der Waals surface area contributed by atoms with E-state index in [0.29, 0.717) is 12.0 Å². The Hall–Kier alpha value is -8.15. The second kappa shape index (κ2) is 18.6. The van der Waals surface area contributed by atoms with Crippen molar-refractivity contribution in [3.05, 3.63) is 90.5 Å². The number of hydrogen-bond acceptors (Lipinski definition) is 19. The van der Waals surface area contributed by atoms with Crippen LogP contribution < -0.4 is 20.1 Å². The van der Waals surface area contributed by atoms with E-state index in [0.717, 1.165) is 35.1 Å². The summed E-state index contributed by atoms with van der Waals surface area (Å²) < 4.78 is 113. The largest absolute Gasteiger partial charge is 0.505 e. The number of fused-ring (bicyclic) bond motifs is 2. The maximum Gasteiger partial charge on any atom is 0.296 e. The van der Waals surface area contributed by atoms with Crippen molar-refractivity contribution in [3.8, 4) is 22.9 Å². The van der Waals surface area contributed by atoms with E-state index in [1.807, 2.05) is 0 Å². The molecule has 6 aromatic carbocycles. The molecule has 0 saturated carbocycles. The number of amides is 2. The molecule has 0 spiro atoms. The van der Waals surface area contributed by atoms with E-state index in [1.54, 1.807) is 6.92 Å². The number of methoxy groups -OCH3 is 2. The van der Waals surface area contributed by atoms with Crippen LogP contribution in [-0.4, -0.2) is 85.5 Å². The lowest BCUT2D eigenvalue weighted by atomic mass is 10.1. The minimum Gasteiger partial charge on any atom is -0.505 e. The molecule has 0 unspecified atom stereocenters. The quantitative estimate of drug-likeness (QED) is 0.0321. The molecule has 0 aliphatic rings. The molecular weight excluding hydrogens is 955 g/mol. The summed E-state index contributed by atoms with van der Waals surface area (Å²) in [5, 5.41) is 49.7. The maximum absolute atomic E-state index is 12.5. The standard InChI is InChI=1S/C40H33N11O14S3/c1-20-11-32(46-48-39-38(68(61,62)63)13-22-12-23(41-19-52)5-10-26(22)40(39)54)35(64-3)16-27(20)43-45-33-14-28(42-21(2)53)29(17-36(33)65-4)44-47-34-15-30-31(18-37(34)67(58,59)60)50-51(49-30)24-6-8-25(9-7-24)66(55,56)57/h5-19,54H,1-4H3,(H,41,52)(H,42,53)(H,55,56,57)(H,58,59,60)(H,61,62,63). The van der Waals surface area contributed by atoms with Crippen LogP contribution >= 0.6 is 0 Å². The number of aromatic nitrogens is 3. The van der Waals surface area contributed by atoms with Crippen LogP contribution in [0.4, 0.5) is 45.5 Å². The van der Waals surface area contributed by atoms with Crippen LogP contribution in [0.5, 0.6) is 17.2 Å². The topological polar surface area (TPSA) is 365 Å². The van der Waals surface area contributed by atoms with Crippen molar-refractivity contribution >= 4 is 110 Å². The monoisotopic (exact) mass is 987 g/mol. The number of aromatic hydroxyl groups is 1. The van der Waals surface area contributed by atoms with Gasteiger partial charge in [0.2, 0.25) is 12.3 Å². The van der Waals surface area contributed by atoms with Crippen LogP contribution in [0.2, 0.25) is 0 Å². The van der Waals surface area contributed by atoms with Crippen LogP contribution in [0.15, 0.2) is 130 Å². The molecule has 7 aromatic rings. The van der Waals surface area contributed by atoms with E-state index in [9.17, 15) is 53.6 Å². The van der Waals surface area contributed by atoms with Gasteiger partial charge in [0, 0.05) is 30.1 Å². The third kappa shape index (κ3) is 10.3. The van der Waals surface area contributed by atoms with Gasteiger partial charge in [-0.1, -0.05) is 0 Å². The maximum atomic E-state index is 12.5. The van der Waals surface area contributed by atoms with E-state index >= 15 is 0 Å². The molecule has 0 aliphatic heterocycles. The number of azo groups is 3. The first-order chi connectivity index (χ1) is 32.1. The molecule has 0 aliphatic carbocycles. The number of anilines is 2. The average molecular weight is 988 g/mol.